The number of halogens is 1. The van der Waals surface area contributed by atoms with Crippen molar-refractivity contribution in [2.24, 2.45) is 0 Å². The maximum atomic E-state index is 10.2. The van der Waals surface area contributed by atoms with Crippen molar-refractivity contribution >= 4 is 27.3 Å². The number of aliphatic hydroxyl groups excluding tert-OH is 1. The molecular weight excluding hydrogens is 346 g/mol. The number of hydrogen-bond acceptors (Lipinski definition) is 3. The van der Waals surface area contributed by atoms with E-state index in [2.05, 4.69) is 59.4 Å². The highest BCUT2D eigenvalue weighted by Crippen LogP contribution is 2.22. The van der Waals surface area contributed by atoms with Gasteiger partial charge in [-0.3, -0.25) is 0 Å². The predicted molar refractivity (Wildman–Crippen MR) is 94.1 cm³/mol. The van der Waals surface area contributed by atoms with Crippen molar-refractivity contribution in [3.8, 4) is 0 Å². The highest BCUT2D eigenvalue weighted by molar-refractivity contribution is 9.11. The summed E-state index contributed by atoms with van der Waals surface area (Å²) in [4.78, 5) is 1.35. The van der Waals surface area contributed by atoms with Crippen LogP contribution in [-0.4, -0.2) is 18.2 Å². The van der Waals surface area contributed by atoms with Crippen molar-refractivity contribution in [1.82, 2.24) is 5.32 Å². The van der Waals surface area contributed by atoms with E-state index in [1.807, 2.05) is 12.1 Å². The summed E-state index contributed by atoms with van der Waals surface area (Å²) in [6, 6.07) is 12.5. The van der Waals surface area contributed by atoms with Crippen LogP contribution in [0.15, 0.2) is 40.2 Å². The van der Waals surface area contributed by atoms with Crippen LogP contribution in [-0.2, 0) is 6.42 Å². The monoisotopic (exact) mass is 367 g/mol. The minimum Gasteiger partial charge on any atom is -0.387 e. The molecule has 0 fully saturated rings. The Morgan fingerprint density at radius 2 is 1.76 bits per heavy atom. The first-order valence-electron chi connectivity index (χ1n) is 7.29. The van der Waals surface area contributed by atoms with Gasteiger partial charge >= 0.3 is 0 Å². The fourth-order valence-electron chi connectivity index (χ4n) is 2.16. The maximum absolute atomic E-state index is 10.2. The summed E-state index contributed by atoms with van der Waals surface area (Å²) in [6.07, 6.45) is 0.552. The summed E-state index contributed by atoms with van der Waals surface area (Å²) in [5.41, 5.74) is 2.29. The predicted octanol–water partition coefficient (Wildman–Crippen LogP) is 4.50. The Labute approximate surface area is 139 Å². The second-order valence-corrected chi connectivity index (χ2v) is 8.04. The van der Waals surface area contributed by atoms with E-state index in [-0.39, 0.29) is 0 Å². The van der Waals surface area contributed by atoms with Gasteiger partial charge in [0.25, 0.3) is 0 Å². The van der Waals surface area contributed by atoms with Gasteiger partial charge in [0, 0.05) is 18.0 Å². The molecule has 4 heteroatoms. The Bertz CT molecular complexity index is 550. The van der Waals surface area contributed by atoms with Crippen LogP contribution in [0.3, 0.4) is 0 Å². The van der Waals surface area contributed by atoms with Crippen molar-refractivity contribution in [2.75, 3.05) is 13.1 Å². The van der Waals surface area contributed by atoms with Crippen molar-refractivity contribution < 1.29 is 5.11 Å². The average Bonchev–Trinajstić information content (AvgIpc) is 2.89. The lowest BCUT2D eigenvalue weighted by atomic mass is 10.00. The van der Waals surface area contributed by atoms with Crippen LogP contribution < -0.4 is 5.32 Å². The molecule has 21 heavy (non-hydrogen) atoms. The SMILES string of the molecule is CC(C)c1ccc(C(O)CNCCc2ccc(Br)s2)cc1. The highest BCUT2D eigenvalue weighted by atomic mass is 79.9. The topological polar surface area (TPSA) is 32.3 Å². The molecule has 2 N–H and O–H groups in total. The van der Waals surface area contributed by atoms with E-state index >= 15 is 0 Å². The third kappa shape index (κ3) is 5.22. The van der Waals surface area contributed by atoms with E-state index in [1.54, 1.807) is 11.3 Å². The number of benzene rings is 1. The molecule has 0 saturated heterocycles. The largest absolute Gasteiger partial charge is 0.387 e. The van der Waals surface area contributed by atoms with Gasteiger partial charge in [-0.25, -0.2) is 0 Å². The van der Waals surface area contributed by atoms with Crippen molar-refractivity contribution in [2.45, 2.75) is 32.3 Å². The number of nitrogens with one attached hydrogen (secondary N) is 1. The number of hydrogen-bond donors (Lipinski definition) is 2. The van der Waals surface area contributed by atoms with Gasteiger partial charge < -0.3 is 10.4 Å². The number of rotatable bonds is 7. The molecule has 2 nitrogen and oxygen atoms in total. The summed E-state index contributed by atoms with van der Waals surface area (Å²) in [7, 11) is 0. The van der Waals surface area contributed by atoms with E-state index in [4.69, 9.17) is 0 Å². The number of thiophene rings is 1. The Morgan fingerprint density at radius 1 is 1.10 bits per heavy atom. The van der Waals surface area contributed by atoms with E-state index in [0.29, 0.717) is 12.5 Å². The summed E-state index contributed by atoms with van der Waals surface area (Å²) in [5.74, 6) is 0.527. The van der Waals surface area contributed by atoms with Gasteiger partial charge in [0.2, 0.25) is 0 Å². The molecule has 0 spiro atoms. The van der Waals surface area contributed by atoms with Crippen LogP contribution in [0.4, 0.5) is 0 Å². The molecule has 1 heterocycles. The molecule has 2 aromatic rings. The van der Waals surface area contributed by atoms with Gasteiger partial charge in [0.15, 0.2) is 0 Å². The van der Waals surface area contributed by atoms with E-state index < -0.39 is 6.10 Å². The molecule has 114 valence electrons. The third-order valence-electron chi connectivity index (χ3n) is 3.50. The van der Waals surface area contributed by atoms with Gasteiger partial charge in [-0.05, 0) is 51.5 Å². The standard InChI is InChI=1S/C17H22BrNOS/c1-12(2)13-3-5-14(6-4-13)16(20)11-19-10-9-15-7-8-17(18)21-15/h3-8,12,16,19-20H,9-11H2,1-2H3. The molecule has 0 radical (unpaired) electrons. The Kier molecular flexibility index (Phi) is 6.42. The maximum Gasteiger partial charge on any atom is 0.0914 e. The second-order valence-electron chi connectivity index (χ2n) is 5.50. The van der Waals surface area contributed by atoms with Gasteiger partial charge in [0.05, 0.1) is 9.89 Å². The summed E-state index contributed by atoms with van der Waals surface area (Å²) >= 11 is 5.23. The van der Waals surface area contributed by atoms with Crippen LogP contribution in [0.5, 0.6) is 0 Å². The van der Waals surface area contributed by atoms with Gasteiger partial charge in [-0.1, -0.05) is 38.1 Å². The van der Waals surface area contributed by atoms with Crippen LogP contribution in [0.1, 0.15) is 41.9 Å². The minimum atomic E-state index is -0.443. The minimum absolute atomic E-state index is 0.443. The smallest absolute Gasteiger partial charge is 0.0914 e. The average molecular weight is 368 g/mol. The molecule has 1 aromatic heterocycles. The second kappa shape index (κ2) is 8.08. The quantitative estimate of drug-likeness (QED) is 0.706. The van der Waals surface area contributed by atoms with E-state index in [1.165, 1.54) is 14.2 Å². The molecule has 0 bridgehead atoms. The molecule has 0 aliphatic carbocycles. The summed E-state index contributed by atoms with van der Waals surface area (Å²) in [5, 5.41) is 13.5. The van der Waals surface area contributed by atoms with Crippen LogP contribution in [0.2, 0.25) is 0 Å². The zero-order valence-electron chi connectivity index (χ0n) is 12.5. The molecule has 2 rings (SSSR count). The number of aliphatic hydroxyl groups is 1. The van der Waals surface area contributed by atoms with Gasteiger partial charge in [-0.15, -0.1) is 11.3 Å². The van der Waals surface area contributed by atoms with Gasteiger partial charge in [-0.2, -0.15) is 0 Å². The first-order chi connectivity index (χ1) is 10.1. The molecule has 1 unspecified atom stereocenters. The van der Waals surface area contributed by atoms with E-state index in [9.17, 15) is 5.11 Å². The van der Waals surface area contributed by atoms with E-state index in [0.717, 1.165) is 18.5 Å². The molecule has 1 atom stereocenters. The summed E-state index contributed by atoms with van der Waals surface area (Å²) < 4.78 is 1.17. The van der Waals surface area contributed by atoms with Crippen molar-refractivity contribution in [3.05, 3.63) is 56.2 Å². The molecular formula is C17H22BrNOS. The van der Waals surface area contributed by atoms with Crippen LogP contribution in [0.25, 0.3) is 0 Å². The molecule has 1 aromatic carbocycles. The molecule has 0 saturated carbocycles. The third-order valence-corrected chi connectivity index (χ3v) is 5.19. The first-order valence-corrected chi connectivity index (χ1v) is 8.90. The lowest BCUT2D eigenvalue weighted by Crippen LogP contribution is -2.23. The van der Waals surface area contributed by atoms with Crippen LogP contribution in [0, 0.1) is 0 Å². The normalized spacial score (nSPS) is 12.8. The fourth-order valence-corrected chi connectivity index (χ4v) is 3.64. The van der Waals surface area contributed by atoms with Crippen molar-refractivity contribution in [3.63, 3.8) is 0 Å². The molecule has 0 amide bonds. The Hall–Kier alpha value is -0.680. The zero-order chi connectivity index (χ0) is 15.2. The Balaban J connectivity index is 1.75. The highest BCUT2D eigenvalue weighted by Gasteiger charge is 2.08. The van der Waals surface area contributed by atoms with Crippen LogP contribution >= 0.6 is 27.3 Å². The zero-order valence-corrected chi connectivity index (χ0v) is 14.9. The molecule has 0 aliphatic heterocycles. The van der Waals surface area contributed by atoms with Gasteiger partial charge in [0.1, 0.15) is 0 Å². The fraction of sp³-hybridized carbons (Fsp3) is 0.412. The lowest BCUT2D eigenvalue weighted by Gasteiger charge is -2.13. The lowest BCUT2D eigenvalue weighted by molar-refractivity contribution is 0.175. The van der Waals surface area contributed by atoms with Crippen molar-refractivity contribution in [1.29, 1.82) is 0 Å². The molecule has 0 aliphatic rings. The first kappa shape index (κ1) is 16.7. The Morgan fingerprint density at radius 3 is 2.33 bits per heavy atom. The summed E-state index contributed by atoms with van der Waals surface area (Å²) in [6.45, 7) is 5.83.